The molecular weight excluding hydrogens is 198 g/mol. The van der Waals surface area contributed by atoms with Crippen molar-refractivity contribution in [2.24, 2.45) is 5.84 Å². The van der Waals surface area contributed by atoms with E-state index >= 15 is 0 Å². The summed E-state index contributed by atoms with van der Waals surface area (Å²) in [7, 11) is 0. The third kappa shape index (κ3) is 2.27. The Labute approximate surface area is 95.3 Å². The summed E-state index contributed by atoms with van der Waals surface area (Å²) in [6.45, 7) is 1.97. The van der Waals surface area contributed by atoms with Gasteiger partial charge in [0.15, 0.2) is 0 Å². The first kappa shape index (κ1) is 10.8. The molecule has 1 unspecified atom stereocenters. The van der Waals surface area contributed by atoms with Gasteiger partial charge < -0.3 is 0 Å². The molecule has 3 N–H and O–H groups in total. The van der Waals surface area contributed by atoms with Crippen molar-refractivity contribution in [1.29, 1.82) is 0 Å². The van der Waals surface area contributed by atoms with E-state index in [0.29, 0.717) is 0 Å². The van der Waals surface area contributed by atoms with Crippen LogP contribution in [0.15, 0.2) is 48.7 Å². The number of hydrogen-bond acceptors (Lipinski definition) is 3. The molecule has 0 saturated heterocycles. The summed E-state index contributed by atoms with van der Waals surface area (Å²) in [6, 6.07) is 14.2. The molecule has 0 fully saturated rings. The van der Waals surface area contributed by atoms with E-state index in [1.807, 2.05) is 37.3 Å². The lowest BCUT2D eigenvalue weighted by molar-refractivity contribution is 0.635. The standard InChI is InChI=1S/C13H15N3/c1-10-9-12(7-8-15-10)13(16-14)11-5-3-2-4-6-11/h2-9,13,16H,14H2,1H3. The van der Waals surface area contributed by atoms with E-state index in [2.05, 4.69) is 22.5 Å². The predicted octanol–water partition coefficient (Wildman–Crippen LogP) is 1.94. The highest BCUT2D eigenvalue weighted by Crippen LogP contribution is 2.20. The van der Waals surface area contributed by atoms with Gasteiger partial charge in [0.05, 0.1) is 6.04 Å². The molecule has 2 aromatic rings. The average Bonchev–Trinajstić information content (AvgIpc) is 2.31. The van der Waals surface area contributed by atoms with Crippen LogP contribution in [0.3, 0.4) is 0 Å². The number of pyridine rings is 1. The number of nitrogens with two attached hydrogens (primary N) is 1. The Bertz CT molecular complexity index is 454. The number of hydrogen-bond donors (Lipinski definition) is 2. The van der Waals surface area contributed by atoms with Crippen LogP contribution >= 0.6 is 0 Å². The summed E-state index contributed by atoms with van der Waals surface area (Å²) in [4.78, 5) is 4.18. The van der Waals surface area contributed by atoms with Gasteiger partial charge in [-0.1, -0.05) is 30.3 Å². The van der Waals surface area contributed by atoms with E-state index in [9.17, 15) is 0 Å². The topological polar surface area (TPSA) is 50.9 Å². The third-order valence-corrected chi connectivity index (χ3v) is 2.55. The summed E-state index contributed by atoms with van der Waals surface area (Å²) in [5.41, 5.74) is 6.10. The molecule has 0 bridgehead atoms. The Balaban J connectivity index is 2.37. The van der Waals surface area contributed by atoms with Crippen LogP contribution < -0.4 is 11.3 Å². The van der Waals surface area contributed by atoms with E-state index in [-0.39, 0.29) is 6.04 Å². The highest BCUT2D eigenvalue weighted by Gasteiger charge is 2.11. The number of hydrazine groups is 1. The number of rotatable bonds is 3. The van der Waals surface area contributed by atoms with Gasteiger partial charge in [0.2, 0.25) is 0 Å². The lowest BCUT2D eigenvalue weighted by Crippen LogP contribution is -2.28. The van der Waals surface area contributed by atoms with Gasteiger partial charge in [-0.2, -0.15) is 0 Å². The first-order valence-electron chi connectivity index (χ1n) is 5.25. The normalized spacial score (nSPS) is 12.4. The molecule has 0 saturated carbocycles. The zero-order chi connectivity index (χ0) is 11.4. The van der Waals surface area contributed by atoms with Crippen molar-refractivity contribution < 1.29 is 0 Å². The fraction of sp³-hybridized carbons (Fsp3) is 0.154. The highest BCUT2D eigenvalue weighted by atomic mass is 15.2. The Morgan fingerprint density at radius 3 is 2.50 bits per heavy atom. The van der Waals surface area contributed by atoms with Crippen molar-refractivity contribution in [2.75, 3.05) is 0 Å². The van der Waals surface area contributed by atoms with Crippen molar-refractivity contribution in [1.82, 2.24) is 10.4 Å². The monoisotopic (exact) mass is 213 g/mol. The summed E-state index contributed by atoms with van der Waals surface area (Å²) in [5.74, 6) is 5.62. The average molecular weight is 213 g/mol. The predicted molar refractivity (Wildman–Crippen MR) is 64.6 cm³/mol. The van der Waals surface area contributed by atoms with Gasteiger partial charge in [0.25, 0.3) is 0 Å². The SMILES string of the molecule is Cc1cc(C(NN)c2ccccc2)ccn1. The van der Waals surface area contributed by atoms with Crippen LogP contribution in [0.25, 0.3) is 0 Å². The first-order chi connectivity index (χ1) is 7.81. The smallest absolute Gasteiger partial charge is 0.0711 e. The minimum absolute atomic E-state index is 0.0166. The lowest BCUT2D eigenvalue weighted by atomic mass is 10.00. The highest BCUT2D eigenvalue weighted by molar-refractivity contribution is 5.31. The maximum atomic E-state index is 5.62. The van der Waals surface area contributed by atoms with Crippen molar-refractivity contribution in [2.45, 2.75) is 13.0 Å². The zero-order valence-corrected chi connectivity index (χ0v) is 9.22. The molecule has 1 heterocycles. The molecule has 82 valence electrons. The Morgan fingerprint density at radius 1 is 1.12 bits per heavy atom. The molecule has 0 aliphatic rings. The van der Waals surface area contributed by atoms with Crippen LogP contribution in [0.2, 0.25) is 0 Å². The minimum Gasteiger partial charge on any atom is -0.271 e. The molecule has 0 amide bonds. The van der Waals surface area contributed by atoms with Crippen molar-refractivity contribution in [3.05, 3.63) is 65.5 Å². The second kappa shape index (κ2) is 4.88. The van der Waals surface area contributed by atoms with Crippen LogP contribution in [0.4, 0.5) is 0 Å². The van der Waals surface area contributed by atoms with Gasteiger partial charge in [0.1, 0.15) is 0 Å². The second-order valence-corrected chi connectivity index (χ2v) is 3.74. The molecule has 1 aromatic heterocycles. The van der Waals surface area contributed by atoms with E-state index in [4.69, 9.17) is 5.84 Å². The maximum absolute atomic E-state index is 5.62. The Morgan fingerprint density at radius 2 is 1.88 bits per heavy atom. The van der Waals surface area contributed by atoms with Crippen LogP contribution in [0.5, 0.6) is 0 Å². The largest absolute Gasteiger partial charge is 0.271 e. The van der Waals surface area contributed by atoms with E-state index in [1.54, 1.807) is 6.20 Å². The molecule has 3 nitrogen and oxygen atoms in total. The third-order valence-electron chi connectivity index (χ3n) is 2.55. The minimum atomic E-state index is 0.0166. The van der Waals surface area contributed by atoms with Gasteiger partial charge >= 0.3 is 0 Å². The van der Waals surface area contributed by atoms with Crippen molar-refractivity contribution in [3.63, 3.8) is 0 Å². The first-order valence-corrected chi connectivity index (χ1v) is 5.25. The molecule has 3 heteroatoms. The summed E-state index contributed by atoms with van der Waals surface area (Å²) < 4.78 is 0. The number of aryl methyl sites for hydroxylation is 1. The Hall–Kier alpha value is -1.71. The number of aromatic nitrogens is 1. The Kier molecular flexibility index (Phi) is 3.29. The fourth-order valence-corrected chi connectivity index (χ4v) is 1.78. The summed E-state index contributed by atoms with van der Waals surface area (Å²) in [5, 5.41) is 0. The number of benzene rings is 1. The van der Waals surface area contributed by atoms with Crippen LogP contribution in [-0.2, 0) is 0 Å². The maximum Gasteiger partial charge on any atom is 0.0711 e. The van der Waals surface area contributed by atoms with E-state index in [0.717, 1.165) is 16.8 Å². The van der Waals surface area contributed by atoms with E-state index < -0.39 is 0 Å². The molecule has 0 aliphatic carbocycles. The van der Waals surface area contributed by atoms with Gasteiger partial charge in [0, 0.05) is 11.9 Å². The molecule has 0 aliphatic heterocycles. The van der Waals surface area contributed by atoms with Crippen LogP contribution in [0.1, 0.15) is 22.9 Å². The van der Waals surface area contributed by atoms with Gasteiger partial charge in [-0.15, -0.1) is 0 Å². The second-order valence-electron chi connectivity index (χ2n) is 3.74. The zero-order valence-electron chi connectivity index (χ0n) is 9.22. The fourth-order valence-electron chi connectivity index (χ4n) is 1.78. The van der Waals surface area contributed by atoms with Crippen LogP contribution in [0, 0.1) is 6.92 Å². The number of nitrogens with one attached hydrogen (secondary N) is 1. The lowest BCUT2D eigenvalue weighted by Gasteiger charge is -2.16. The molecule has 1 atom stereocenters. The molecule has 2 rings (SSSR count). The molecule has 16 heavy (non-hydrogen) atoms. The van der Waals surface area contributed by atoms with Gasteiger partial charge in [-0.25, -0.2) is 5.43 Å². The van der Waals surface area contributed by atoms with Gasteiger partial charge in [-0.3, -0.25) is 10.8 Å². The van der Waals surface area contributed by atoms with Gasteiger partial charge in [-0.05, 0) is 30.2 Å². The van der Waals surface area contributed by atoms with Crippen molar-refractivity contribution >= 4 is 0 Å². The quantitative estimate of drug-likeness (QED) is 0.605. The summed E-state index contributed by atoms with van der Waals surface area (Å²) in [6.07, 6.45) is 1.80. The summed E-state index contributed by atoms with van der Waals surface area (Å²) >= 11 is 0. The molecule has 0 radical (unpaired) electrons. The molecule has 0 spiro atoms. The van der Waals surface area contributed by atoms with Crippen molar-refractivity contribution in [3.8, 4) is 0 Å². The van der Waals surface area contributed by atoms with Crippen LogP contribution in [-0.4, -0.2) is 4.98 Å². The molecule has 1 aromatic carbocycles. The molecular formula is C13H15N3. The number of nitrogens with zero attached hydrogens (tertiary/aromatic N) is 1. The van der Waals surface area contributed by atoms with E-state index in [1.165, 1.54) is 0 Å².